The number of nitrogens with one attached hydrogen (secondary N) is 3. The molecule has 3 N–H and O–H groups in total. The average molecular weight is 377 g/mol. The Morgan fingerprint density at radius 1 is 1.18 bits per heavy atom. The van der Waals surface area contributed by atoms with Crippen LogP contribution in [-0.4, -0.2) is 40.5 Å². The predicted octanol–water partition coefficient (Wildman–Crippen LogP) is 1.62. The monoisotopic (exact) mass is 377 g/mol. The summed E-state index contributed by atoms with van der Waals surface area (Å²) in [4.78, 5) is 34.4. The van der Waals surface area contributed by atoms with Crippen molar-refractivity contribution in [3.05, 3.63) is 59.5 Å². The number of fused-ring (bicyclic) bond motifs is 2. The van der Waals surface area contributed by atoms with Crippen LogP contribution in [0.5, 0.6) is 5.75 Å². The molecule has 0 aliphatic carbocycles. The molecule has 0 unspecified atom stereocenters. The molecule has 2 aliphatic rings. The SMILES string of the molecule is COc1ccc2c(c1)CN(C[C@@]1(c3cc4ccncc4[nH]3)NC(=O)NC1=O)C2. The first kappa shape index (κ1) is 16.8. The van der Waals surface area contributed by atoms with Gasteiger partial charge in [-0.15, -0.1) is 0 Å². The van der Waals surface area contributed by atoms with Crippen molar-refractivity contribution in [1.82, 2.24) is 25.5 Å². The van der Waals surface area contributed by atoms with Gasteiger partial charge in [0.2, 0.25) is 0 Å². The van der Waals surface area contributed by atoms with E-state index in [2.05, 4.69) is 25.5 Å². The van der Waals surface area contributed by atoms with Crippen molar-refractivity contribution >= 4 is 22.8 Å². The lowest BCUT2D eigenvalue weighted by molar-refractivity contribution is -0.125. The molecule has 3 aromatic rings. The zero-order chi connectivity index (χ0) is 19.3. The number of aromatic amines is 1. The maximum atomic E-state index is 12.9. The summed E-state index contributed by atoms with van der Waals surface area (Å²) in [5.74, 6) is 0.455. The zero-order valence-electron chi connectivity index (χ0n) is 15.3. The number of H-pyrrole nitrogens is 1. The molecule has 5 rings (SSSR count). The zero-order valence-corrected chi connectivity index (χ0v) is 15.3. The molecule has 28 heavy (non-hydrogen) atoms. The van der Waals surface area contributed by atoms with E-state index < -0.39 is 11.6 Å². The van der Waals surface area contributed by atoms with Gasteiger partial charge in [0.25, 0.3) is 5.91 Å². The van der Waals surface area contributed by atoms with Crippen LogP contribution >= 0.6 is 0 Å². The maximum Gasteiger partial charge on any atom is 0.322 e. The Hall–Kier alpha value is -3.39. The topological polar surface area (TPSA) is 99.3 Å². The van der Waals surface area contributed by atoms with Gasteiger partial charge in [0.15, 0.2) is 5.54 Å². The van der Waals surface area contributed by atoms with Crippen LogP contribution < -0.4 is 15.4 Å². The molecule has 1 fully saturated rings. The number of hydrogen-bond donors (Lipinski definition) is 3. The number of methoxy groups -OCH3 is 1. The van der Waals surface area contributed by atoms with Crippen molar-refractivity contribution < 1.29 is 14.3 Å². The van der Waals surface area contributed by atoms with Gasteiger partial charge in [0.1, 0.15) is 5.75 Å². The number of aromatic nitrogens is 2. The Bertz CT molecular complexity index is 1080. The Kier molecular flexibility index (Phi) is 3.63. The summed E-state index contributed by atoms with van der Waals surface area (Å²) in [5, 5.41) is 6.18. The molecular formula is C20H19N5O3. The van der Waals surface area contributed by atoms with E-state index in [1.807, 2.05) is 30.3 Å². The van der Waals surface area contributed by atoms with E-state index in [9.17, 15) is 9.59 Å². The van der Waals surface area contributed by atoms with Gasteiger partial charge in [0.05, 0.1) is 24.5 Å². The molecule has 2 aliphatic heterocycles. The quantitative estimate of drug-likeness (QED) is 0.600. The number of carbonyl (C=O) groups is 2. The van der Waals surface area contributed by atoms with E-state index in [0.29, 0.717) is 25.3 Å². The maximum absolute atomic E-state index is 12.9. The molecule has 1 atom stereocenters. The van der Waals surface area contributed by atoms with Gasteiger partial charge >= 0.3 is 6.03 Å². The van der Waals surface area contributed by atoms with E-state index in [1.54, 1.807) is 19.5 Å². The number of urea groups is 1. The number of ether oxygens (including phenoxy) is 1. The molecule has 0 bridgehead atoms. The third kappa shape index (κ3) is 2.53. The first-order valence-corrected chi connectivity index (χ1v) is 9.02. The number of pyridine rings is 1. The van der Waals surface area contributed by atoms with Crippen LogP contribution in [0.1, 0.15) is 16.8 Å². The second kappa shape index (κ2) is 6.07. The summed E-state index contributed by atoms with van der Waals surface area (Å²) in [7, 11) is 1.65. The summed E-state index contributed by atoms with van der Waals surface area (Å²) in [5.41, 5.74) is 2.65. The van der Waals surface area contributed by atoms with Crippen molar-refractivity contribution in [2.75, 3.05) is 13.7 Å². The Balaban J connectivity index is 1.50. The van der Waals surface area contributed by atoms with Gasteiger partial charge in [0, 0.05) is 31.2 Å². The number of amides is 3. The highest BCUT2D eigenvalue weighted by molar-refractivity contribution is 6.08. The van der Waals surface area contributed by atoms with E-state index >= 15 is 0 Å². The third-order valence-electron chi connectivity index (χ3n) is 5.49. The highest BCUT2D eigenvalue weighted by atomic mass is 16.5. The minimum absolute atomic E-state index is 0.349. The molecule has 0 radical (unpaired) electrons. The molecule has 4 heterocycles. The fraction of sp³-hybridized carbons (Fsp3) is 0.250. The van der Waals surface area contributed by atoms with Crippen molar-refractivity contribution in [2.45, 2.75) is 18.6 Å². The van der Waals surface area contributed by atoms with Gasteiger partial charge < -0.3 is 15.0 Å². The van der Waals surface area contributed by atoms with Crippen LogP contribution in [0.4, 0.5) is 4.79 Å². The summed E-state index contributed by atoms with van der Waals surface area (Å²) >= 11 is 0. The van der Waals surface area contributed by atoms with Crippen molar-refractivity contribution in [2.24, 2.45) is 0 Å². The van der Waals surface area contributed by atoms with Gasteiger partial charge in [-0.3, -0.25) is 20.0 Å². The summed E-state index contributed by atoms with van der Waals surface area (Å²) in [6, 6.07) is 9.28. The van der Waals surface area contributed by atoms with Crippen LogP contribution in [0.25, 0.3) is 10.9 Å². The second-order valence-corrected chi connectivity index (χ2v) is 7.24. The number of imide groups is 1. The highest BCUT2D eigenvalue weighted by Crippen LogP contribution is 2.33. The van der Waals surface area contributed by atoms with E-state index in [-0.39, 0.29) is 5.91 Å². The van der Waals surface area contributed by atoms with E-state index in [1.165, 1.54) is 11.1 Å². The fourth-order valence-electron chi connectivity index (χ4n) is 4.10. The number of rotatable bonds is 4. The minimum Gasteiger partial charge on any atom is -0.497 e. The Labute approximate surface area is 160 Å². The Morgan fingerprint density at radius 2 is 2.04 bits per heavy atom. The molecule has 8 heteroatoms. The van der Waals surface area contributed by atoms with Gasteiger partial charge in [-0.25, -0.2) is 4.79 Å². The number of hydrogen-bond acceptors (Lipinski definition) is 5. The summed E-state index contributed by atoms with van der Waals surface area (Å²) in [6.07, 6.45) is 3.41. The number of nitrogens with zero attached hydrogens (tertiary/aromatic N) is 2. The van der Waals surface area contributed by atoms with Crippen molar-refractivity contribution in [3.8, 4) is 5.75 Å². The van der Waals surface area contributed by atoms with Gasteiger partial charge in [-0.05, 0) is 35.4 Å². The fourth-order valence-corrected chi connectivity index (χ4v) is 4.10. The Morgan fingerprint density at radius 3 is 2.79 bits per heavy atom. The van der Waals surface area contributed by atoms with Crippen LogP contribution in [0.15, 0.2) is 42.7 Å². The van der Waals surface area contributed by atoms with Crippen molar-refractivity contribution in [3.63, 3.8) is 0 Å². The molecular weight excluding hydrogens is 358 g/mol. The standard InChI is InChI=1S/C20H19N5O3/c1-28-15-3-2-13-9-25(10-14(13)6-15)11-20(18(26)23-19(27)24-20)17-7-12-4-5-21-8-16(12)22-17/h2-8,22H,9-11H2,1H3,(H2,23,24,26,27)/t20-/m0/s1. The smallest absolute Gasteiger partial charge is 0.322 e. The highest BCUT2D eigenvalue weighted by Gasteiger charge is 2.50. The molecule has 2 aromatic heterocycles. The van der Waals surface area contributed by atoms with Crippen molar-refractivity contribution in [1.29, 1.82) is 0 Å². The first-order chi connectivity index (χ1) is 13.6. The van der Waals surface area contributed by atoms with E-state index in [4.69, 9.17) is 4.74 Å². The molecule has 8 nitrogen and oxygen atoms in total. The van der Waals surface area contributed by atoms with Gasteiger partial charge in [-0.2, -0.15) is 0 Å². The molecule has 1 saturated heterocycles. The molecule has 0 saturated carbocycles. The third-order valence-corrected chi connectivity index (χ3v) is 5.49. The molecule has 3 amide bonds. The van der Waals surface area contributed by atoms with Crippen LogP contribution in [0, 0.1) is 0 Å². The lowest BCUT2D eigenvalue weighted by Gasteiger charge is -2.30. The summed E-state index contributed by atoms with van der Waals surface area (Å²) < 4.78 is 5.31. The average Bonchev–Trinajstić information content (AvgIpc) is 3.36. The lowest BCUT2D eigenvalue weighted by Crippen LogP contribution is -2.51. The normalized spacial score (nSPS) is 21.6. The number of carbonyl (C=O) groups excluding carboxylic acids is 2. The largest absolute Gasteiger partial charge is 0.497 e. The molecule has 142 valence electrons. The van der Waals surface area contributed by atoms with Crippen LogP contribution in [0.3, 0.4) is 0 Å². The van der Waals surface area contributed by atoms with Crippen LogP contribution in [0.2, 0.25) is 0 Å². The first-order valence-electron chi connectivity index (χ1n) is 9.02. The lowest BCUT2D eigenvalue weighted by atomic mass is 9.94. The van der Waals surface area contributed by atoms with Gasteiger partial charge in [-0.1, -0.05) is 6.07 Å². The minimum atomic E-state index is -1.18. The second-order valence-electron chi connectivity index (χ2n) is 7.24. The predicted molar refractivity (Wildman–Crippen MR) is 102 cm³/mol. The van der Waals surface area contributed by atoms with Crippen LogP contribution in [-0.2, 0) is 23.4 Å². The molecule has 0 spiro atoms. The van der Waals surface area contributed by atoms with E-state index in [0.717, 1.165) is 16.7 Å². The number of benzene rings is 1. The summed E-state index contributed by atoms with van der Waals surface area (Å²) in [6.45, 7) is 1.73. The molecule has 1 aromatic carbocycles.